The molecule has 0 radical (unpaired) electrons. The van der Waals surface area contributed by atoms with Crippen molar-refractivity contribution in [3.63, 3.8) is 0 Å². The zero-order valence-electron chi connectivity index (χ0n) is 13.0. The van der Waals surface area contributed by atoms with Crippen molar-refractivity contribution in [3.05, 3.63) is 35.9 Å². The van der Waals surface area contributed by atoms with E-state index in [4.69, 9.17) is 4.74 Å². The molecule has 0 spiro atoms. The number of rotatable bonds is 5. The molecule has 0 bridgehead atoms. The topological polar surface area (TPSA) is 49.8 Å². The van der Waals surface area contributed by atoms with E-state index in [0.29, 0.717) is 13.2 Å². The SMILES string of the molecule is O=C1C[C@@H](O)CN1[C@H]1CCCC[C@@H]1OCCc1ccccc1. The summed E-state index contributed by atoms with van der Waals surface area (Å²) in [5, 5.41) is 9.71. The molecule has 1 N–H and O–H groups in total. The van der Waals surface area contributed by atoms with Crippen molar-refractivity contribution in [2.24, 2.45) is 0 Å². The van der Waals surface area contributed by atoms with Gasteiger partial charge in [0.15, 0.2) is 0 Å². The maximum Gasteiger partial charge on any atom is 0.225 e. The van der Waals surface area contributed by atoms with Crippen molar-refractivity contribution in [2.45, 2.75) is 56.8 Å². The van der Waals surface area contributed by atoms with Crippen molar-refractivity contribution in [3.8, 4) is 0 Å². The van der Waals surface area contributed by atoms with E-state index in [1.54, 1.807) is 0 Å². The third-order valence-corrected chi connectivity index (χ3v) is 4.77. The van der Waals surface area contributed by atoms with Crippen LogP contribution < -0.4 is 0 Å². The standard InChI is InChI=1S/C18H25NO3/c20-15-12-18(21)19(13-15)16-8-4-5-9-17(16)22-11-10-14-6-2-1-3-7-14/h1-3,6-7,15-17,20H,4-5,8-13H2/t15-,16+,17+/m1/s1. The fourth-order valence-corrected chi connectivity index (χ4v) is 3.63. The number of likely N-dealkylation sites (tertiary alicyclic amines) is 1. The van der Waals surface area contributed by atoms with Crippen molar-refractivity contribution >= 4 is 5.91 Å². The van der Waals surface area contributed by atoms with Crippen LogP contribution in [0.3, 0.4) is 0 Å². The van der Waals surface area contributed by atoms with E-state index >= 15 is 0 Å². The molecule has 120 valence electrons. The molecule has 22 heavy (non-hydrogen) atoms. The summed E-state index contributed by atoms with van der Waals surface area (Å²) in [6, 6.07) is 10.5. The number of nitrogens with zero attached hydrogens (tertiary/aromatic N) is 1. The van der Waals surface area contributed by atoms with Gasteiger partial charge in [0.05, 0.1) is 31.3 Å². The molecular formula is C18H25NO3. The maximum absolute atomic E-state index is 12.0. The van der Waals surface area contributed by atoms with Crippen LogP contribution in [0, 0.1) is 0 Å². The molecule has 4 nitrogen and oxygen atoms in total. The predicted octanol–water partition coefficient (Wildman–Crippen LogP) is 2.15. The summed E-state index contributed by atoms with van der Waals surface area (Å²) >= 11 is 0. The van der Waals surface area contributed by atoms with Gasteiger partial charge in [0, 0.05) is 6.54 Å². The molecule has 2 fully saturated rings. The highest BCUT2D eigenvalue weighted by molar-refractivity contribution is 5.79. The van der Waals surface area contributed by atoms with Crippen molar-refractivity contribution in [1.82, 2.24) is 4.90 Å². The van der Waals surface area contributed by atoms with Crippen LogP contribution in [0.15, 0.2) is 30.3 Å². The predicted molar refractivity (Wildman–Crippen MR) is 84.5 cm³/mol. The monoisotopic (exact) mass is 303 g/mol. The average Bonchev–Trinajstić information content (AvgIpc) is 2.87. The van der Waals surface area contributed by atoms with E-state index in [1.165, 1.54) is 5.56 Å². The summed E-state index contributed by atoms with van der Waals surface area (Å²) in [5.41, 5.74) is 1.28. The van der Waals surface area contributed by atoms with Gasteiger partial charge >= 0.3 is 0 Å². The Bertz CT molecular complexity index is 490. The highest BCUT2D eigenvalue weighted by Gasteiger charge is 2.38. The number of aliphatic hydroxyl groups is 1. The van der Waals surface area contributed by atoms with E-state index in [9.17, 15) is 9.90 Å². The second-order valence-corrected chi connectivity index (χ2v) is 6.40. The Labute approximate surface area is 132 Å². The molecule has 1 aromatic carbocycles. The Morgan fingerprint density at radius 3 is 2.68 bits per heavy atom. The Balaban J connectivity index is 1.55. The van der Waals surface area contributed by atoms with Gasteiger partial charge in [-0.2, -0.15) is 0 Å². The summed E-state index contributed by atoms with van der Waals surface area (Å²) in [6.45, 7) is 1.16. The minimum atomic E-state index is -0.501. The summed E-state index contributed by atoms with van der Waals surface area (Å²) in [7, 11) is 0. The number of benzene rings is 1. The van der Waals surface area contributed by atoms with Crippen LogP contribution in [-0.2, 0) is 16.0 Å². The lowest BCUT2D eigenvalue weighted by atomic mass is 9.91. The number of carbonyl (C=O) groups is 1. The molecule has 2 aliphatic rings. The lowest BCUT2D eigenvalue weighted by Crippen LogP contribution is -2.47. The fourth-order valence-electron chi connectivity index (χ4n) is 3.63. The largest absolute Gasteiger partial charge is 0.391 e. The van der Waals surface area contributed by atoms with Gasteiger partial charge in [-0.25, -0.2) is 0 Å². The number of amides is 1. The zero-order chi connectivity index (χ0) is 15.4. The molecule has 1 saturated heterocycles. The third kappa shape index (κ3) is 3.68. The highest BCUT2D eigenvalue weighted by atomic mass is 16.5. The third-order valence-electron chi connectivity index (χ3n) is 4.77. The van der Waals surface area contributed by atoms with Crippen molar-refractivity contribution in [2.75, 3.05) is 13.2 Å². The van der Waals surface area contributed by atoms with Gasteiger partial charge in [-0.05, 0) is 24.8 Å². The Kier molecular flexibility index (Phi) is 5.11. The van der Waals surface area contributed by atoms with Crippen LogP contribution in [-0.4, -0.2) is 47.3 Å². The quantitative estimate of drug-likeness (QED) is 0.907. The number of hydrogen-bond acceptors (Lipinski definition) is 3. The van der Waals surface area contributed by atoms with Crippen molar-refractivity contribution in [1.29, 1.82) is 0 Å². The second kappa shape index (κ2) is 7.25. The van der Waals surface area contributed by atoms with Crippen LogP contribution in [0.1, 0.15) is 37.7 Å². The molecule has 1 aromatic rings. The number of ether oxygens (including phenoxy) is 1. The first kappa shape index (κ1) is 15.5. The van der Waals surface area contributed by atoms with Gasteiger partial charge in [-0.3, -0.25) is 4.79 Å². The number of carbonyl (C=O) groups excluding carboxylic acids is 1. The van der Waals surface area contributed by atoms with E-state index < -0.39 is 6.10 Å². The van der Waals surface area contributed by atoms with Gasteiger partial charge in [0.1, 0.15) is 0 Å². The van der Waals surface area contributed by atoms with Gasteiger partial charge in [-0.15, -0.1) is 0 Å². The van der Waals surface area contributed by atoms with E-state index in [1.807, 2.05) is 23.1 Å². The first-order valence-electron chi connectivity index (χ1n) is 8.37. The molecule has 1 saturated carbocycles. The van der Waals surface area contributed by atoms with Gasteiger partial charge in [-0.1, -0.05) is 43.2 Å². The van der Waals surface area contributed by atoms with E-state index in [0.717, 1.165) is 32.1 Å². The average molecular weight is 303 g/mol. The molecule has 3 rings (SSSR count). The Morgan fingerprint density at radius 1 is 1.18 bits per heavy atom. The normalized spacial score (nSPS) is 29.0. The summed E-state index contributed by atoms with van der Waals surface area (Å²) < 4.78 is 6.12. The minimum Gasteiger partial charge on any atom is -0.391 e. The van der Waals surface area contributed by atoms with Crippen LogP contribution in [0.25, 0.3) is 0 Å². The van der Waals surface area contributed by atoms with Gasteiger partial charge in [0.2, 0.25) is 5.91 Å². The van der Waals surface area contributed by atoms with Gasteiger partial charge < -0.3 is 14.7 Å². The first-order chi connectivity index (χ1) is 10.7. The minimum absolute atomic E-state index is 0.0797. The van der Waals surface area contributed by atoms with Crippen LogP contribution >= 0.6 is 0 Å². The molecule has 0 unspecified atom stereocenters. The molecule has 3 atom stereocenters. The van der Waals surface area contributed by atoms with Crippen LogP contribution in [0.4, 0.5) is 0 Å². The molecule has 1 heterocycles. The van der Waals surface area contributed by atoms with E-state index in [-0.39, 0.29) is 24.5 Å². The second-order valence-electron chi connectivity index (χ2n) is 6.40. The van der Waals surface area contributed by atoms with Crippen LogP contribution in [0.2, 0.25) is 0 Å². The molecular weight excluding hydrogens is 278 g/mol. The smallest absolute Gasteiger partial charge is 0.225 e. The Hall–Kier alpha value is -1.39. The van der Waals surface area contributed by atoms with E-state index in [2.05, 4.69) is 12.1 Å². The fraction of sp³-hybridized carbons (Fsp3) is 0.611. The molecule has 1 aliphatic carbocycles. The summed E-state index contributed by atoms with van der Waals surface area (Å²) in [5.74, 6) is 0.0797. The highest BCUT2D eigenvalue weighted by Crippen LogP contribution is 2.29. The molecule has 4 heteroatoms. The molecule has 0 aromatic heterocycles. The first-order valence-corrected chi connectivity index (χ1v) is 8.37. The summed E-state index contributed by atoms with van der Waals surface area (Å²) in [4.78, 5) is 13.9. The van der Waals surface area contributed by atoms with Crippen molar-refractivity contribution < 1.29 is 14.6 Å². The number of β-amino-alcohol motifs (C(OH)–C–C–N with tert-alkyl or cyclic N) is 1. The zero-order valence-corrected chi connectivity index (χ0v) is 13.0. The maximum atomic E-state index is 12.0. The number of hydrogen-bond donors (Lipinski definition) is 1. The number of aliphatic hydroxyl groups excluding tert-OH is 1. The lowest BCUT2D eigenvalue weighted by molar-refractivity contribution is -0.134. The van der Waals surface area contributed by atoms with Crippen LogP contribution in [0.5, 0.6) is 0 Å². The summed E-state index contributed by atoms with van der Waals surface area (Å²) in [6.07, 6.45) is 5.10. The Morgan fingerprint density at radius 2 is 1.95 bits per heavy atom. The lowest BCUT2D eigenvalue weighted by Gasteiger charge is -2.37. The molecule has 1 aliphatic heterocycles. The van der Waals surface area contributed by atoms with Gasteiger partial charge in [0.25, 0.3) is 0 Å². The molecule has 1 amide bonds.